The zero-order chi connectivity index (χ0) is 12.0. The largest absolute Gasteiger partial charge is 0.386 e. The minimum absolute atomic E-state index is 0.180. The van der Waals surface area contributed by atoms with Gasteiger partial charge in [0, 0.05) is 0 Å². The third-order valence-electron chi connectivity index (χ3n) is 2.85. The molecule has 0 radical (unpaired) electrons. The van der Waals surface area contributed by atoms with Crippen LogP contribution < -0.4 is 0 Å². The van der Waals surface area contributed by atoms with E-state index in [2.05, 4.69) is 0 Å². The molecule has 1 aliphatic carbocycles. The van der Waals surface area contributed by atoms with E-state index in [4.69, 9.17) is 0 Å². The van der Waals surface area contributed by atoms with E-state index in [1.165, 1.54) is 0 Å². The van der Waals surface area contributed by atoms with Gasteiger partial charge in [0.15, 0.2) is 9.84 Å². The van der Waals surface area contributed by atoms with Gasteiger partial charge in [-0.15, -0.1) is 0 Å². The second-order valence-electron chi connectivity index (χ2n) is 4.83. The zero-order valence-electron chi connectivity index (χ0n) is 9.47. The first-order valence-corrected chi connectivity index (χ1v) is 6.93. The first kappa shape index (κ1) is 11.6. The fraction of sp³-hybridized carbons (Fsp3) is 0.500. The summed E-state index contributed by atoms with van der Waals surface area (Å²) in [4.78, 5) is 0.364. The summed E-state index contributed by atoms with van der Waals surface area (Å²) in [6.07, 6.45) is 1.55. The van der Waals surface area contributed by atoms with Crippen molar-refractivity contribution < 1.29 is 13.5 Å². The molecule has 1 aliphatic rings. The van der Waals surface area contributed by atoms with Crippen LogP contribution in [0.25, 0.3) is 0 Å². The molecule has 4 heteroatoms. The monoisotopic (exact) mass is 240 g/mol. The van der Waals surface area contributed by atoms with Gasteiger partial charge in [0.2, 0.25) is 0 Å². The quantitative estimate of drug-likeness (QED) is 0.877. The normalized spacial score (nSPS) is 17.4. The smallest absolute Gasteiger partial charge is 0.181 e. The molecule has 1 aromatic carbocycles. The summed E-state index contributed by atoms with van der Waals surface area (Å²) in [6, 6.07) is 6.52. The van der Waals surface area contributed by atoms with Crippen molar-refractivity contribution in [3.8, 4) is 0 Å². The van der Waals surface area contributed by atoms with Crippen LogP contribution in [0.2, 0.25) is 0 Å². The van der Waals surface area contributed by atoms with Crippen molar-refractivity contribution >= 4 is 9.84 Å². The van der Waals surface area contributed by atoms with Crippen molar-refractivity contribution in [1.82, 2.24) is 0 Å². The second-order valence-corrected chi connectivity index (χ2v) is 7.06. The van der Waals surface area contributed by atoms with Crippen LogP contribution in [0.1, 0.15) is 32.3 Å². The maximum Gasteiger partial charge on any atom is 0.181 e. The number of aliphatic hydroxyl groups is 1. The number of sulfone groups is 1. The van der Waals surface area contributed by atoms with Gasteiger partial charge in [-0.1, -0.05) is 12.1 Å². The highest BCUT2D eigenvalue weighted by molar-refractivity contribution is 7.92. The molecule has 0 saturated heterocycles. The zero-order valence-corrected chi connectivity index (χ0v) is 10.3. The van der Waals surface area contributed by atoms with E-state index in [1.54, 1.807) is 38.1 Å². The number of rotatable bonds is 3. The van der Waals surface area contributed by atoms with Gasteiger partial charge in [-0.3, -0.25) is 0 Å². The molecule has 2 rings (SSSR count). The van der Waals surface area contributed by atoms with Crippen molar-refractivity contribution in [2.45, 2.75) is 42.4 Å². The highest BCUT2D eigenvalue weighted by atomic mass is 32.2. The summed E-state index contributed by atoms with van der Waals surface area (Å²) in [5, 5.41) is 9.57. The molecular weight excluding hydrogens is 224 g/mol. The molecule has 1 aromatic rings. The maximum absolute atomic E-state index is 11.9. The predicted octanol–water partition coefficient (Wildman–Crippen LogP) is 1.85. The molecule has 1 fully saturated rings. The number of hydrogen-bond acceptors (Lipinski definition) is 3. The third-order valence-corrected chi connectivity index (χ3v) is 5.13. The van der Waals surface area contributed by atoms with Crippen LogP contribution >= 0.6 is 0 Å². The summed E-state index contributed by atoms with van der Waals surface area (Å²) in [7, 11) is -3.11. The van der Waals surface area contributed by atoms with Gasteiger partial charge in [0.1, 0.15) is 0 Å². The van der Waals surface area contributed by atoms with Gasteiger partial charge >= 0.3 is 0 Å². The second kappa shape index (κ2) is 3.57. The van der Waals surface area contributed by atoms with Crippen molar-refractivity contribution in [1.29, 1.82) is 0 Å². The van der Waals surface area contributed by atoms with E-state index in [0.29, 0.717) is 4.90 Å². The van der Waals surface area contributed by atoms with Crippen LogP contribution in [0.15, 0.2) is 29.2 Å². The van der Waals surface area contributed by atoms with Crippen LogP contribution in [-0.2, 0) is 15.4 Å². The van der Waals surface area contributed by atoms with Gasteiger partial charge in [-0.2, -0.15) is 0 Å². The van der Waals surface area contributed by atoms with Crippen molar-refractivity contribution in [2.75, 3.05) is 0 Å². The minimum atomic E-state index is -3.11. The molecule has 88 valence electrons. The fourth-order valence-corrected chi connectivity index (χ4v) is 3.28. The average molecular weight is 240 g/mol. The summed E-state index contributed by atoms with van der Waals surface area (Å²) in [6.45, 7) is 3.36. The first-order valence-electron chi connectivity index (χ1n) is 5.38. The molecule has 0 bridgehead atoms. The van der Waals surface area contributed by atoms with Crippen molar-refractivity contribution in [3.63, 3.8) is 0 Å². The molecule has 0 atom stereocenters. The van der Waals surface area contributed by atoms with E-state index in [1.807, 2.05) is 0 Å². The van der Waals surface area contributed by atoms with Crippen molar-refractivity contribution in [2.24, 2.45) is 0 Å². The molecule has 1 N–H and O–H groups in total. The Balaban J connectivity index is 2.33. The summed E-state index contributed by atoms with van der Waals surface area (Å²) < 4.78 is 23.8. The Kier molecular flexibility index (Phi) is 2.59. The van der Waals surface area contributed by atoms with E-state index in [9.17, 15) is 13.5 Å². The summed E-state index contributed by atoms with van der Waals surface area (Å²) >= 11 is 0. The van der Waals surface area contributed by atoms with Gasteiger partial charge in [0.25, 0.3) is 0 Å². The summed E-state index contributed by atoms with van der Waals surface area (Å²) in [5.41, 5.74) is -0.204. The minimum Gasteiger partial charge on any atom is -0.386 e. The highest BCUT2D eigenvalue weighted by Crippen LogP contribution is 2.34. The lowest BCUT2D eigenvalue weighted by Crippen LogP contribution is -2.15. The Bertz CT molecular complexity index is 476. The van der Waals surface area contributed by atoms with E-state index < -0.39 is 15.4 Å². The lowest BCUT2D eigenvalue weighted by atomic mass is 9.99. The van der Waals surface area contributed by atoms with Crippen LogP contribution in [0.4, 0.5) is 0 Å². The predicted molar refractivity (Wildman–Crippen MR) is 61.9 cm³/mol. The van der Waals surface area contributed by atoms with Gasteiger partial charge < -0.3 is 5.11 Å². The van der Waals surface area contributed by atoms with Crippen LogP contribution in [0.3, 0.4) is 0 Å². The molecule has 0 heterocycles. The van der Waals surface area contributed by atoms with E-state index >= 15 is 0 Å². The van der Waals surface area contributed by atoms with Gasteiger partial charge in [-0.25, -0.2) is 8.42 Å². The highest BCUT2D eigenvalue weighted by Gasteiger charge is 2.36. The number of benzene rings is 1. The molecule has 0 aliphatic heterocycles. The molecule has 0 unspecified atom stereocenters. The number of hydrogen-bond donors (Lipinski definition) is 1. The SMILES string of the molecule is CC(C)(O)c1ccc(S(=O)(=O)C2CC2)cc1. The topological polar surface area (TPSA) is 54.4 Å². The molecular formula is C12H16O3S. The standard InChI is InChI=1S/C12H16O3S/c1-12(2,13)9-3-5-10(6-4-9)16(14,15)11-7-8-11/h3-6,11,13H,7-8H2,1-2H3. The lowest BCUT2D eigenvalue weighted by molar-refractivity contribution is 0.0785. The molecule has 3 nitrogen and oxygen atoms in total. The van der Waals surface area contributed by atoms with Crippen molar-refractivity contribution in [3.05, 3.63) is 29.8 Å². The Morgan fingerprint density at radius 1 is 1.19 bits per heavy atom. The van der Waals surface area contributed by atoms with Crippen LogP contribution in [0.5, 0.6) is 0 Å². The van der Waals surface area contributed by atoms with Gasteiger partial charge in [0.05, 0.1) is 15.7 Å². The van der Waals surface area contributed by atoms with Crippen LogP contribution in [-0.4, -0.2) is 18.8 Å². The molecule has 1 saturated carbocycles. The molecule has 0 spiro atoms. The van der Waals surface area contributed by atoms with Crippen LogP contribution in [0, 0.1) is 0 Å². The Labute approximate surface area is 96.0 Å². The molecule has 0 aromatic heterocycles. The fourth-order valence-electron chi connectivity index (χ4n) is 1.62. The Hall–Kier alpha value is -0.870. The van der Waals surface area contributed by atoms with Gasteiger partial charge in [-0.05, 0) is 44.4 Å². The maximum atomic E-state index is 11.9. The average Bonchev–Trinajstić information content (AvgIpc) is 3.00. The molecule has 16 heavy (non-hydrogen) atoms. The van der Waals surface area contributed by atoms with E-state index in [0.717, 1.165) is 18.4 Å². The molecule has 0 amide bonds. The van der Waals surface area contributed by atoms with E-state index in [-0.39, 0.29) is 5.25 Å². The lowest BCUT2D eigenvalue weighted by Gasteiger charge is -2.17. The Morgan fingerprint density at radius 3 is 2.06 bits per heavy atom. The first-order chi connectivity index (χ1) is 7.32. The third kappa shape index (κ3) is 2.13. The Morgan fingerprint density at radius 2 is 1.69 bits per heavy atom. The summed E-state index contributed by atoms with van der Waals surface area (Å²) in [5.74, 6) is 0.